The molecule has 3 aromatic rings. The Morgan fingerprint density at radius 3 is 2.60 bits per heavy atom. The van der Waals surface area contributed by atoms with E-state index in [-0.39, 0.29) is 10.4 Å². The zero-order valence-electron chi connectivity index (χ0n) is 16.9. The van der Waals surface area contributed by atoms with Crippen molar-refractivity contribution in [2.45, 2.75) is 37.9 Å². The van der Waals surface area contributed by atoms with Crippen molar-refractivity contribution in [2.24, 2.45) is 0 Å². The molecule has 30 heavy (non-hydrogen) atoms. The number of piperazine rings is 1. The molecule has 1 aliphatic rings. The number of rotatable bonds is 5. The Morgan fingerprint density at radius 2 is 1.90 bits per heavy atom. The molecule has 9 nitrogen and oxygen atoms in total. The van der Waals surface area contributed by atoms with Crippen LogP contribution in [0.5, 0.6) is 0 Å². The maximum absolute atomic E-state index is 13.2. The summed E-state index contributed by atoms with van der Waals surface area (Å²) in [5.41, 5.74) is 0.961. The normalized spacial score (nSPS) is 16.9. The fourth-order valence-corrected chi connectivity index (χ4v) is 6.57. The summed E-state index contributed by atoms with van der Waals surface area (Å²) in [6, 6.07) is 5.08. The quantitative estimate of drug-likeness (QED) is 0.551. The van der Waals surface area contributed by atoms with Crippen LogP contribution in [-0.2, 0) is 16.7 Å². The van der Waals surface area contributed by atoms with Gasteiger partial charge in [0.05, 0.1) is 18.4 Å². The van der Waals surface area contributed by atoms with Crippen LogP contribution in [0.3, 0.4) is 0 Å². The van der Waals surface area contributed by atoms with Crippen molar-refractivity contribution in [3.63, 3.8) is 0 Å². The van der Waals surface area contributed by atoms with Gasteiger partial charge in [-0.25, -0.2) is 13.1 Å². The van der Waals surface area contributed by atoms with Gasteiger partial charge in [0.2, 0.25) is 15.2 Å². The summed E-state index contributed by atoms with van der Waals surface area (Å²) >= 11 is 7.91. The molecule has 0 amide bonds. The van der Waals surface area contributed by atoms with E-state index in [1.807, 2.05) is 0 Å². The van der Waals surface area contributed by atoms with E-state index in [2.05, 4.69) is 44.8 Å². The second-order valence-electron chi connectivity index (χ2n) is 8.10. The topological polar surface area (TPSA) is 96.2 Å². The molecule has 3 heterocycles. The molecule has 0 atom stereocenters. The van der Waals surface area contributed by atoms with Crippen LogP contribution < -0.4 is 5.32 Å². The van der Waals surface area contributed by atoms with E-state index in [9.17, 15) is 8.42 Å². The average molecular weight is 486 g/mol. The van der Waals surface area contributed by atoms with Gasteiger partial charge >= 0.3 is 0 Å². The van der Waals surface area contributed by atoms with Crippen molar-refractivity contribution in [3.05, 3.63) is 22.2 Å². The Kier molecular flexibility index (Phi) is 5.94. The highest BCUT2D eigenvalue weighted by Gasteiger charge is 2.31. The highest BCUT2D eigenvalue weighted by molar-refractivity contribution is 7.89. The Hall–Kier alpha value is -1.51. The van der Waals surface area contributed by atoms with Crippen LogP contribution in [0.25, 0.3) is 11.0 Å². The third-order valence-electron chi connectivity index (χ3n) is 4.62. The van der Waals surface area contributed by atoms with Crippen molar-refractivity contribution >= 4 is 61.5 Å². The molecule has 162 valence electrons. The van der Waals surface area contributed by atoms with E-state index in [1.54, 1.807) is 22.9 Å². The predicted molar refractivity (Wildman–Crippen MR) is 122 cm³/mol. The van der Waals surface area contributed by atoms with E-state index in [0.29, 0.717) is 47.8 Å². The molecule has 0 unspecified atom stereocenters. The van der Waals surface area contributed by atoms with Crippen LogP contribution in [-0.4, -0.2) is 67.9 Å². The van der Waals surface area contributed by atoms with Gasteiger partial charge < -0.3 is 5.32 Å². The molecule has 0 bridgehead atoms. The van der Waals surface area contributed by atoms with Gasteiger partial charge in [-0.15, -0.1) is 5.10 Å². The lowest BCUT2D eigenvalue weighted by molar-refractivity contribution is 0.145. The third kappa shape index (κ3) is 4.55. The second kappa shape index (κ2) is 8.20. The number of nitrogens with zero attached hydrogens (tertiary/aromatic N) is 6. The number of fused-ring (bicyclic) bond motifs is 1. The minimum Gasteiger partial charge on any atom is -0.356 e. The number of benzene rings is 1. The minimum absolute atomic E-state index is 0.0901. The summed E-state index contributed by atoms with van der Waals surface area (Å²) in [5.74, 6) is 0. The van der Waals surface area contributed by atoms with Crippen molar-refractivity contribution in [1.82, 2.24) is 27.7 Å². The van der Waals surface area contributed by atoms with Gasteiger partial charge in [-0.1, -0.05) is 17.4 Å². The predicted octanol–water partition coefficient (Wildman–Crippen LogP) is 2.85. The largest absolute Gasteiger partial charge is 0.356 e. The number of hydrogen-bond acceptors (Lipinski definition) is 10. The summed E-state index contributed by atoms with van der Waals surface area (Å²) in [6.45, 7) is 8.77. The maximum Gasteiger partial charge on any atom is 0.245 e. The van der Waals surface area contributed by atoms with Crippen LogP contribution in [0, 0.1) is 3.95 Å². The molecule has 1 aliphatic heterocycles. The molecular weight excluding hydrogens is 463 g/mol. The smallest absolute Gasteiger partial charge is 0.245 e. The summed E-state index contributed by atoms with van der Waals surface area (Å²) in [5, 5.41) is 8.70. The first kappa shape index (κ1) is 21.7. The summed E-state index contributed by atoms with van der Waals surface area (Å²) < 4.78 is 38.6. The van der Waals surface area contributed by atoms with Crippen molar-refractivity contribution < 1.29 is 8.42 Å². The number of nitrogens with one attached hydrogen (secondary N) is 1. The molecule has 1 aromatic carbocycles. The van der Waals surface area contributed by atoms with Gasteiger partial charge in [0.25, 0.3) is 0 Å². The second-order valence-corrected chi connectivity index (χ2v) is 12.2. The lowest BCUT2D eigenvalue weighted by Gasteiger charge is -2.33. The van der Waals surface area contributed by atoms with E-state index >= 15 is 0 Å². The van der Waals surface area contributed by atoms with Crippen LogP contribution in [0.4, 0.5) is 5.13 Å². The Labute approximate surface area is 188 Å². The highest BCUT2D eigenvalue weighted by atomic mass is 32.2. The first-order chi connectivity index (χ1) is 14.1. The van der Waals surface area contributed by atoms with E-state index in [4.69, 9.17) is 12.2 Å². The molecule has 1 N–H and O–H groups in total. The van der Waals surface area contributed by atoms with Crippen LogP contribution in [0.1, 0.15) is 20.8 Å². The van der Waals surface area contributed by atoms with Crippen LogP contribution in [0.15, 0.2) is 23.1 Å². The molecule has 0 radical (unpaired) electrons. The maximum atomic E-state index is 13.2. The van der Waals surface area contributed by atoms with Crippen molar-refractivity contribution in [3.8, 4) is 0 Å². The average Bonchev–Trinajstić information content (AvgIpc) is 3.27. The van der Waals surface area contributed by atoms with Gasteiger partial charge in [0, 0.05) is 31.7 Å². The number of sulfonamides is 1. The van der Waals surface area contributed by atoms with Crippen LogP contribution in [0.2, 0.25) is 0 Å². The Bertz CT molecular complexity index is 1200. The SMILES string of the molecule is CC(C)(C)Nc1nn(CN2CCN(S(=O)(=O)c3cccc4nsnc34)CC2)c(=S)s1. The molecule has 1 saturated heterocycles. The summed E-state index contributed by atoms with van der Waals surface area (Å²) in [7, 11) is -3.62. The number of anilines is 1. The molecule has 13 heteroatoms. The van der Waals surface area contributed by atoms with Gasteiger partial charge in [-0.2, -0.15) is 13.1 Å². The zero-order chi connectivity index (χ0) is 21.5. The minimum atomic E-state index is -3.62. The fourth-order valence-electron chi connectivity index (χ4n) is 3.20. The monoisotopic (exact) mass is 485 g/mol. The first-order valence-corrected chi connectivity index (χ1v) is 12.8. The highest BCUT2D eigenvalue weighted by Crippen LogP contribution is 2.25. The lowest BCUT2D eigenvalue weighted by Crippen LogP contribution is -2.49. The Balaban J connectivity index is 1.43. The standard InChI is InChI=1S/C17H23N7O2S4/c1-17(2,3)18-15-19-24(16(27)28-15)11-22-7-9-23(10-8-22)30(25,26)13-6-4-5-12-14(13)21-29-20-12/h4-6H,7-11H2,1-3H3,(H,18,19). The summed E-state index contributed by atoms with van der Waals surface area (Å²) in [4.78, 5) is 2.38. The zero-order valence-corrected chi connectivity index (χ0v) is 20.2. The molecule has 0 saturated carbocycles. The fraction of sp³-hybridized carbons (Fsp3) is 0.529. The van der Waals surface area contributed by atoms with Gasteiger partial charge in [-0.3, -0.25) is 4.90 Å². The Morgan fingerprint density at radius 1 is 1.17 bits per heavy atom. The van der Waals surface area contributed by atoms with E-state index in [1.165, 1.54) is 15.6 Å². The molecule has 0 aliphatic carbocycles. The third-order valence-corrected chi connectivity index (χ3v) is 8.32. The first-order valence-electron chi connectivity index (χ1n) is 9.43. The van der Waals surface area contributed by atoms with Gasteiger partial charge in [0.15, 0.2) is 3.95 Å². The van der Waals surface area contributed by atoms with Gasteiger partial charge in [0.1, 0.15) is 15.9 Å². The number of hydrogen-bond donors (Lipinski definition) is 1. The van der Waals surface area contributed by atoms with E-state index in [0.717, 1.165) is 16.9 Å². The van der Waals surface area contributed by atoms with Crippen molar-refractivity contribution in [2.75, 3.05) is 31.5 Å². The molecule has 2 aromatic heterocycles. The molecule has 4 rings (SSSR count). The lowest BCUT2D eigenvalue weighted by atomic mass is 10.1. The molecular formula is C17H23N7O2S4. The summed E-state index contributed by atoms with van der Waals surface area (Å²) in [6.07, 6.45) is 0. The number of aromatic nitrogens is 4. The molecule has 1 fully saturated rings. The van der Waals surface area contributed by atoms with Crippen LogP contribution >= 0.6 is 35.3 Å². The van der Waals surface area contributed by atoms with Gasteiger partial charge in [-0.05, 0) is 45.1 Å². The molecule has 0 spiro atoms. The van der Waals surface area contributed by atoms with Crippen molar-refractivity contribution in [1.29, 1.82) is 0 Å². The van der Waals surface area contributed by atoms with E-state index < -0.39 is 10.0 Å².